The molecule has 2 aromatic rings. The molecule has 3 rings (SSSR count). The topological polar surface area (TPSA) is 29.1 Å². The predicted octanol–water partition coefficient (Wildman–Crippen LogP) is 3.73. The average molecular weight is 297 g/mol. The number of halogens is 1. The summed E-state index contributed by atoms with van der Waals surface area (Å²) < 4.78 is 12.9. The van der Waals surface area contributed by atoms with Crippen LogP contribution >= 0.6 is 0 Å². The lowest BCUT2D eigenvalue weighted by molar-refractivity contribution is -0.121. The monoisotopic (exact) mass is 297 g/mol. The fourth-order valence-electron chi connectivity index (χ4n) is 3.02. The highest BCUT2D eigenvalue weighted by Gasteiger charge is 2.15. The highest BCUT2D eigenvalue weighted by Crippen LogP contribution is 2.25. The van der Waals surface area contributed by atoms with E-state index in [-0.39, 0.29) is 24.2 Å². The van der Waals surface area contributed by atoms with Crippen LogP contribution in [0.25, 0.3) is 0 Å². The molecule has 2 aromatic carbocycles. The Hall–Kier alpha value is -2.16. The molecule has 0 radical (unpaired) electrons. The minimum absolute atomic E-state index is 0.0150. The summed E-state index contributed by atoms with van der Waals surface area (Å²) in [6.07, 6.45) is 3.81. The summed E-state index contributed by atoms with van der Waals surface area (Å²) in [4.78, 5) is 12.1. The van der Waals surface area contributed by atoms with Gasteiger partial charge in [-0.1, -0.05) is 30.3 Å². The Kier molecular flexibility index (Phi) is 4.23. The molecule has 1 amide bonds. The fourth-order valence-corrected chi connectivity index (χ4v) is 3.02. The lowest BCUT2D eigenvalue weighted by Crippen LogP contribution is -2.28. The van der Waals surface area contributed by atoms with Crippen LogP contribution in [-0.2, 0) is 24.1 Å². The number of nitrogens with one attached hydrogen (secondary N) is 1. The van der Waals surface area contributed by atoms with Crippen molar-refractivity contribution in [3.05, 3.63) is 70.5 Å². The molecule has 0 aliphatic heterocycles. The summed E-state index contributed by atoms with van der Waals surface area (Å²) in [5.74, 6) is -0.324. The van der Waals surface area contributed by atoms with Gasteiger partial charge in [0.15, 0.2) is 0 Å². The molecule has 0 unspecified atom stereocenters. The van der Waals surface area contributed by atoms with Crippen molar-refractivity contribution in [3.63, 3.8) is 0 Å². The van der Waals surface area contributed by atoms with E-state index in [1.54, 1.807) is 12.1 Å². The lowest BCUT2D eigenvalue weighted by atomic mass is 10.0. The Balaban J connectivity index is 1.62. The van der Waals surface area contributed by atoms with Crippen molar-refractivity contribution in [2.45, 2.75) is 38.6 Å². The molecular weight excluding hydrogens is 277 g/mol. The first-order valence-electron chi connectivity index (χ1n) is 7.77. The van der Waals surface area contributed by atoms with Gasteiger partial charge in [0.25, 0.3) is 0 Å². The molecule has 1 atom stereocenters. The van der Waals surface area contributed by atoms with E-state index >= 15 is 0 Å². The second-order valence-corrected chi connectivity index (χ2v) is 5.97. The van der Waals surface area contributed by atoms with Gasteiger partial charge >= 0.3 is 0 Å². The van der Waals surface area contributed by atoms with Crippen LogP contribution in [0.2, 0.25) is 0 Å². The minimum Gasteiger partial charge on any atom is -0.349 e. The number of hydrogen-bond donors (Lipinski definition) is 1. The van der Waals surface area contributed by atoms with E-state index in [4.69, 9.17) is 0 Å². The number of amides is 1. The summed E-state index contributed by atoms with van der Waals surface area (Å²) in [5.41, 5.74) is 4.82. The van der Waals surface area contributed by atoms with Gasteiger partial charge in [0, 0.05) is 0 Å². The third kappa shape index (κ3) is 3.35. The van der Waals surface area contributed by atoms with Crippen molar-refractivity contribution in [1.82, 2.24) is 5.32 Å². The van der Waals surface area contributed by atoms with Gasteiger partial charge in [-0.15, -0.1) is 0 Å². The van der Waals surface area contributed by atoms with Crippen molar-refractivity contribution in [2.75, 3.05) is 0 Å². The molecule has 1 aliphatic rings. The molecule has 0 heterocycles. The maximum atomic E-state index is 12.9. The van der Waals surface area contributed by atoms with Gasteiger partial charge in [-0.05, 0) is 60.6 Å². The zero-order valence-electron chi connectivity index (χ0n) is 12.7. The molecule has 0 aromatic heterocycles. The van der Waals surface area contributed by atoms with Gasteiger partial charge in [0.1, 0.15) is 5.82 Å². The van der Waals surface area contributed by atoms with Crippen molar-refractivity contribution in [3.8, 4) is 0 Å². The average Bonchev–Trinajstić information content (AvgIpc) is 2.97. The number of fused-ring (bicyclic) bond motifs is 1. The van der Waals surface area contributed by atoms with Crippen LogP contribution < -0.4 is 5.32 Å². The molecule has 1 N–H and O–H groups in total. The number of rotatable bonds is 4. The maximum Gasteiger partial charge on any atom is 0.224 e. The van der Waals surface area contributed by atoms with Crippen LogP contribution in [0, 0.1) is 5.82 Å². The van der Waals surface area contributed by atoms with Gasteiger partial charge in [0.05, 0.1) is 12.5 Å². The number of carbonyl (C=O) groups is 1. The number of hydrogen-bond acceptors (Lipinski definition) is 1. The predicted molar refractivity (Wildman–Crippen MR) is 85.1 cm³/mol. The largest absolute Gasteiger partial charge is 0.349 e. The van der Waals surface area contributed by atoms with E-state index < -0.39 is 0 Å². The molecule has 1 aliphatic carbocycles. The number of aryl methyl sites for hydroxylation is 2. The highest BCUT2D eigenvalue weighted by atomic mass is 19.1. The summed E-state index contributed by atoms with van der Waals surface area (Å²) in [7, 11) is 0. The number of carbonyl (C=O) groups excluding carboxylic acids is 1. The van der Waals surface area contributed by atoms with Gasteiger partial charge in [-0.2, -0.15) is 0 Å². The second-order valence-electron chi connectivity index (χ2n) is 5.97. The molecule has 0 saturated heterocycles. The van der Waals surface area contributed by atoms with Crippen molar-refractivity contribution >= 4 is 5.91 Å². The molecule has 0 saturated carbocycles. The van der Waals surface area contributed by atoms with Gasteiger partial charge in [0.2, 0.25) is 5.91 Å². The maximum absolute atomic E-state index is 12.9. The second kappa shape index (κ2) is 6.30. The Morgan fingerprint density at radius 1 is 1.14 bits per heavy atom. The minimum atomic E-state index is -0.282. The van der Waals surface area contributed by atoms with E-state index in [2.05, 4.69) is 23.5 Å². The molecule has 0 fully saturated rings. The van der Waals surface area contributed by atoms with E-state index in [9.17, 15) is 9.18 Å². The SMILES string of the molecule is C[C@H](NC(=O)Cc1ccc(F)cc1)c1ccc2c(c1)CCC2. The number of benzene rings is 2. The van der Waals surface area contributed by atoms with Crippen molar-refractivity contribution < 1.29 is 9.18 Å². The third-order valence-corrected chi connectivity index (χ3v) is 4.28. The zero-order valence-corrected chi connectivity index (χ0v) is 12.7. The highest BCUT2D eigenvalue weighted by molar-refractivity contribution is 5.79. The Bertz CT molecular complexity index is 678. The Morgan fingerprint density at radius 3 is 2.64 bits per heavy atom. The summed E-state index contributed by atoms with van der Waals surface area (Å²) in [6.45, 7) is 2.00. The van der Waals surface area contributed by atoms with Crippen LogP contribution in [0.15, 0.2) is 42.5 Å². The first-order valence-corrected chi connectivity index (χ1v) is 7.77. The van der Waals surface area contributed by atoms with Gasteiger partial charge in [-0.3, -0.25) is 4.79 Å². The molecule has 22 heavy (non-hydrogen) atoms. The summed E-state index contributed by atoms with van der Waals surface area (Å²) in [5, 5.41) is 3.02. The smallest absolute Gasteiger partial charge is 0.224 e. The van der Waals surface area contributed by atoms with Crippen molar-refractivity contribution in [1.29, 1.82) is 0 Å². The van der Waals surface area contributed by atoms with Crippen LogP contribution in [0.3, 0.4) is 0 Å². The van der Waals surface area contributed by atoms with E-state index in [1.807, 2.05) is 6.92 Å². The molecule has 0 spiro atoms. The Labute approximate surface area is 130 Å². The van der Waals surface area contributed by atoms with Crippen LogP contribution in [0.4, 0.5) is 4.39 Å². The van der Waals surface area contributed by atoms with Crippen LogP contribution in [-0.4, -0.2) is 5.91 Å². The van der Waals surface area contributed by atoms with E-state index in [1.165, 1.54) is 36.1 Å². The van der Waals surface area contributed by atoms with Gasteiger partial charge < -0.3 is 5.32 Å². The van der Waals surface area contributed by atoms with Crippen molar-refractivity contribution in [2.24, 2.45) is 0 Å². The quantitative estimate of drug-likeness (QED) is 0.915. The molecule has 2 nitrogen and oxygen atoms in total. The zero-order chi connectivity index (χ0) is 15.5. The van der Waals surface area contributed by atoms with Gasteiger partial charge in [-0.25, -0.2) is 4.39 Å². The van der Waals surface area contributed by atoms with Crippen LogP contribution in [0.5, 0.6) is 0 Å². The molecule has 114 valence electrons. The normalized spacial score (nSPS) is 14.5. The molecular formula is C19H20FNO. The Morgan fingerprint density at radius 2 is 1.86 bits per heavy atom. The third-order valence-electron chi connectivity index (χ3n) is 4.28. The summed E-state index contributed by atoms with van der Waals surface area (Å²) in [6, 6.07) is 12.5. The first-order chi connectivity index (χ1) is 10.6. The first kappa shape index (κ1) is 14.8. The lowest BCUT2D eigenvalue weighted by Gasteiger charge is -2.15. The standard InChI is InChI=1S/C19H20FNO/c1-13(16-8-7-15-3-2-4-17(15)12-16)21-19(22)11-14-5-9-18(20)10-6-14/h5-10,12-13H,2-4,11H2,1H3,(H,21,22)/t13-/m0/s1. The molecule has 3 heteroatoms. The fraction of sp³-hybridized carbons (Fsp3) is 0.316. The van der Waals surface area contributed by atoms with Crippen LogP contribution in [0.1, 0.15) is 41.6 Å². The van der Waals surface area contributed by atoms with E-state index in [0.717, 1.165) is 17.5 Å². The van der Waals surface area contributed by atoms with E-state index in [0.29, 0.717) is 0 Å². The summed E-state index contributed by atoms with van der Waals surface area (Å²) >= 11 is 0. The molecule has 0 bridgehead atoms.